The zero-order valence-corrected chi connectivity index (χ0v) is 15.4. The molecule has 0 bridgehead atoms. The second kappa shape index (κ2) is 8.26. The van der Waals surface area contributed by atoms with Gasteiger partial charge in [-0.15, -0.1) is 0 Å². The smallest absolute Gasteiger partial charge is 0.320 e. The Labute approximate surface area is 165 Å². The van der Waals surface area contributed by atoms with Gasteiger partial charge >= 0.3 is 11.9 Å². The monoisotopic (exact) mass is 396 g/mol. The lowest BCUT2D eigenvalue weighted by atomic mass is 9.93. The first-order chi connectivity index (χ1) is 13.8. The molecule has 0 aliphatic carbocycles. The standard InChI is InChI=1S/C21H20N2O6/c22-15(20(25)26)8-12-6-7-13-17(24)10-18(11-4-2-1-3-5-11)29-19(13)14(12)9-16(23)21(27)28/h1-7,10,15-16H,8-9,22-23H2,(H,25,26)(H,27,28)/t15-,16?/m0/s1. The molecule has 2 atom stereocenters. The zero-order chi connectivity index (χ0) is 21.1. The Morgan fingerprint density at radius 2 is 1.55 bits per heavy atom. The average molecular weight is 396 g/mol. The molecule has 0 radical (unpaired) electrons. The minimum Gasteiger partial charge on any atom is -0.480 e. The van der Waals surface area contributed by atoms with Crippen LogP contribution < -0.4 is 16.9 Å². The van der Waals surface area contributed by atoms with Gasteiger partial charge in [-0.2, -0.15) is 0 Å². The van der Waals surface area contributed by atoms with E-state index in [0.29, 0.717) is 22.5 Å². The van der Waals surface area contributed by atoms with E-state index < -0.39 is 24.0 Å². The summed E-state index contributed by atoms with van der Waals surface area (Å²) in [6.45, 7) is 0. The molecular weight excluding hydrogens is 376 g/mol. The summed E-state index contributed by atoms with van der Waals surface area (Å²) < 4.78 is 5.99. The molecule has 0 spiro atoms. The first-order valence-electron chi connectivity index (χ1n) is 8.88. The molecule has 0 saturated heterocycles. The molecule has 0 saturated carbocycles. The summed E-state index contributed by atoms with van der Waals surface area (Å²) in [4.78, 5) is 35.1. The predicted molar refractivity (Wildman–Crippen MR) is 107 cm³/mol. The molecular formula is C21H20N2O6. The maximum Gasteiger partial charge on any atom is 0.320 e. The number of hydrogen-bond donors (Lipinski definition) is 4. The second-order valence-electron chi connectivity index (χ2n) is 6.72. The molecule has 150 valence electrons. The third kappa shape index (κ3) is 4.34. The minimum atomic E-state index is -1.26. The number of carboxylic acids is 2. The van der Waals surface area contributed by atoms with Crippen LogP contribution in [-0.2, 0) is 22.4 Å². The molecule has 3 aromatic rings. The largest absolute Gasteiger partial charge is 0.480 e. The van der Waals surface area contributed by atoms with Crippen LogP contribution in [0.5, 0.6) is 0 Å². The summed E-state index contributed by atoms with van der Waals surface area (Å²) in [6.07, 6.45) is -0.207. The lowest BCUT2D eigenvalue weighted by Crippen LogP contribution is -2.35. The van der Waals surface area contributed by atoms with Crippen molar-refractivity contribution in [2.45, 2.75) is 24.9 Å². The number of benzene rings is 2. The second-order valence-corrected chi connectivity index (χ2v) is 6.72. The molecule has 29 heavy (non-hydrogen) atoms. The maximum atomic E-state index is 12.7. The summed E-state index contributed by atoms with van der Waals surface area (Å²) in [6, 6.07) is 11.0. The Balaban J connectivity index is 2.24. The zero-order valence-electron chi connectivity index (χ0n) is 15.4. The van der Waals surface area contributed by atoms with Gasteiger partial charge in [0, 0.05) is 23.6 Å². The van der Waals surface area contributed by atoms with Crippen LogP contribution in [0.15, 0.2) is 57.7 Å². The van der Waals surface area contributed by atoms with E-state index >= 15 is 0 Å². The van der Waals surface area contributed by atoms with Crippen molar-refractivity contribution in [3.05, 3.63) is 69.9 Å². The Kier molecular flexibility index (Phi) is 5.76. The van der Waals surface area contributed by atoms with Gasteiger partial charge in [-0.3, -0.25) is 14.4 Å². The fraction of sp³-hybridized carbons (Fsp3) is 0.190. The molecule has 3 rings (SSSR count). The number of aliphatic carboxylic acids is 2. The van der Waals surface area contributed by atoms with E-state index in [2.05, 4.69) is 0 Å². The molecule has 0 aliphatic rings. The van der Waals surface area contributed by atoms with Crippen LogP contribution in [0.25, 0.3) is 22.3 Å². The molecule has 2 aromatic carbocycles. The van der Waals surface area contributed by atoms with E-state index in [9.17, 15) is 19.5 Å². The van der Waals surface area contributed by atoms with Crippen LogP contribution in [0.2, 0.25) is 0 Å². The third-order valence-corrected chi connectivity index (χ3v) is 4.65. The lowest BCUT2D eigenvalue weighted by Gasteiger charge is -2.16. The first kappa shape index (κ1) is 20.2. The van der Waals surface area contributed by atoms with E-state index in [1.807, 2.05) is 6.07 Å². The molecule has 1 unspecified atom stereocenters. The fourth-order valence-corrected chi connectivity index (χ4v) is 3.11. The van der Waals surface area contributed by atoms with E-state index in [1.54, 1.807) is 30.3 Å². The summed E-state index contributed by atoms with van der Waals surface area (Å²) in [5.41, 5.74) is 12.8. The first-order valence-corrected chi connectivity index (χ1v) is 8.88. The summed E-state index contributed by atoms with van der Waals surface area (Å²) in [5, 5.41) is 18.6. The normalized spacial score (nSPS) is 13.2. The van der Waals surface area contributed by atoms with Crippen molar-refractivity contribution >= 4 is 22.9 Å². The highest BCUT2D eigenvalue weighted by molar-refractivity contribution is 5.84. The Morgan fingerprint density at radius 1 is 0.931 bits per heavy atom. The molecule has 0 aliphatic heterocycles. The van der Waals surface area contributed by atoms with Gasteiger partial charge in [0.1, 0.15) is 23.4 Å². The number of hydrogen-bond acceptors (Lipinski definition) is 6. The van der Waals surface area contributed by atoms with Crippen molar-refractivity contribution in [3.63, 3.8) is 0 Å². The van der Waals surface area contributed by atoms with Gasteiger partial charge < -0.3 is 26.1 Å². The quantitative estimate of drug-likeness (QED) is 0.466. The molecule has 8 nitrogen and oxygen atoms in total. The van der Waals surface area contributed by atoms with Gasteiger partial charge in [-0.1, -0.05) is 36.4 Å². The number of nitrogens with two attached hydrogens (primary N) is 2. The molecule has 8 heteroatoms. The van der Waals surface area contributed by atoms with E-state index in [-0.39, 0.29) is 29.2 Å². The van der Waals surface area contributed by atoms with Crippen LogP contribution in [0.1, 0.15) is 11.1 Å². The van der Waals surface area contributed by atoms with Crippen molar-refractivity contribution in [2.24, 2.45) is 11.5 Å². The number of carboxylic acid groups (broad SMARTS) is 2. The molecule has 1 heterocycles. The summed E-state index contributed by atoms with van der Waals surface area (Å²) in [7, 11) is 0. The van der Waals surface area contributed by atoms with Crippen LogP contribution in [0.4, 0.5) is 0 Å². The topological polar surface area (TPSA) is 157 Å². The average Bonchev–Trinajstić information content (AvgIpc) is 2.69. The van der Waals surface area contributed by atoms with Crippen molar-refractivity contribution in [3.8, 4) is 11.3 Å². The van der Waals surface area contributed by atoms with E-state index in [4.69, 9.17) is 21.0 Å². The SMILES string of the molecule is NC(Cc1c(C[C@H](N)C(=O)O)ccc2c(=O)cc(-c3ccccc3)oc12)C(=O)O. The van der Waals surface area contributed by atoms with Crippen LogP contribution in [0.3, 0.4) is 0 Å². The number of fused-ring (bicyclic) bond motifs is 1. The van der Waals surface area contributed by atoms with Gasteiger partial charge in [0.2, 0.25) is 0 Å². The third-order valence-electron chi connectivity index (χ3n) is 4.65. The highest BCUT2D eigenvalue weighted by atomic mass is 16.4. The molecule has 1 aromatic heterocycles. The lowest BCUT2D eigenvalue weighted by molar-refractivity contribution is -0.139. The van der Waals surface area contributed by atoms with Crippen molar-refractivity contribution < 1.29 is 24.2 Å². The molecule has 0 amide bonds. The van der Waals surface area contributed by atoms with Gasteiger partial charge in [0.05, 0.1) is 5.39 Å². The van der Waals surface area contributed by atoms with E-state index in [1.165, 1.54) is 12.1 Å². The maximum absolute atomic E-state index is 12.7. The highest BCUT2D eigenvalue weighted by Crippen LogP contribution is 2.28. The van der Waals surface area contributed by atoms with Crippen molar-refractivity contribution in [1.82, 2.24) is 0 Å². The molecule has 0 fully saturated rings. The number of rotatable bonds is 7. The summed E-state index contributed by atoms with van der Waals surface area (Å²) >= 11 is 0. The van der Waals surface area contributed by atoms with Crippen LogP contribution in [0, 0.1) is 0 Å². The van der Waals surface area contributed by atoms with Crippen LogP contribution >= 0.6 is 0 Å². The van der Waals surface area contributed by atoms with Crippen molar-refractivity contribution in [2.75, 3.05) is 0 Å². The highest BCUT2D eigenvalue weighted by Gasteiger charge is 2.22. The Hall–Kier alpha value is -3.49. The van der Waals surface area contributed by atoms with Gasteiger partial charge in [0.15, 0.2) is 5.43 Å². The van der Waals surface area contributed by atoms with Crippen LogP contribution in [-0.4, -0.2) is 34.2 Å². The van der Waals surface area contributed by atoms with Gasteiger partial charge in [0.25, 0.3) is 0 Å². The van der Waals surface area contributed by atoms with Crippen molar-refractivity contribution in [1.29, 1.82) is 0 Å². The Morgan fingerprint density at radius 3 is 2.17 bits per heavy atom. The van der Waals surface area contributed by atoms with E-state index in [0.717, 1.165) is 0 Å². The van der Waals surface area contributed by atoms with Gasteiger partial charge in [-0.05, 0) is 18.1 Å². The summed E-state index contributed by atoms with van der Waals surface area (Å²) in [5.74, 6) is -2.11. The fourth-order valence-electron chi connectivity index (χ4n) is 3.11. The Bertz CT molecular complexity index is 1120. The van der Waals surface area contributed by atoms with Gasteiger partial charge in [-0.25, -0.2) is 0 Å². The molecule has 6 N–H and O–H groups in total. The predicted octanol–water partition coefficient (Wildman–Crippen LogP) is 1.37. The number of carbonyl (C=O) groups is 2. The minimum absolute atomic E-state index is 0.0633.